The number of amides is 3. The summed E-state index contributed by atoms with van der Waals surface area (Å²) in [6.07, 6.45) is 8.37. The number of benzene rings is 2. The number of aliphatic hydroxyl groups is 1. The van der Waals surface area contributed by atoms with Gasteiger partial charge in [-0.1, -0.05) is 72.8 Å². The van der Waals surface area contributed by atoms with E-state index in [2.05, 4.69) is 16.0 Å². The molecule has 0 radical (unpaired) electrons. The third-order valence-electron chi connectivity index (χ3n) is 7.89. The monoisotopic (exact) mass is 635 g/mol. The number of esters is 1. The molecule has 0 fully saturated rings. The summed E-state index contributed by atoms with van der Waals surface area (Å²) < 4.78 is 11.1. The Balaban J connectivity index is 1.60. The van der Waals surface area contributed by atoms with Gasteiger partial charge in [-0.15, -0.1) is 0 Å². The van der Waals surface area contributed by atoms with Gasteiger partial charge in [0.1, 0.15) is 13.2 Å². The first-order valence-electron chi connectivity index (χ1n) is 16.3. The first-order chi connectivity index (χ1) is 22.3. The van der Waals surface area contributed by atoms with E-state index >= 15 is 0 Å². The number of allylic oxidation sites excluding steroid dienone is 2. The van der Waals surface area contributed by atoms with E-state index in [1.807, 2.05) is 72.8 Å². The van der Waals surface area contributed by atoms with Crippen LogP contribution in [0.5, 0.6) is 0 Å². The summed E-state index contributed by atoms with van der Waals surface area (Å²) in [5.74, 6) is -1.81. The summed E-state index contributed by atoms with van der Waals surface area (Å²) >= 11 is 0. The normalized spacial score (nSPS) is 20.0. The van der Waals surface area contributed by atoms with Crippen LogP contribution in [0.4, 0.5) is 4.79 Å². The van der Waals surface area contributed by atoms with Crippen LogP contribution in [0, 0.1) is 11.8 Å². The second kappa shape index (κ2) is 20.8. The number of carbonyl (C=O) groups is 4. The lowest BCUT2D eigenvalue weighted by Crippen LogP contribution is -2.44. The van der Waals surface area contributed by atoms with Gasteiger partial charge in [-0.2, -0.15) is 0 Å². The molecule has 3 rings (SSSR count). The van der Waals surface area contributed by atoms with Crippen molar-refractivity contribution in [3.8, 4) is 0 Å². The molecule has 10 nitrogen and oxygen atoms in total. The number of cyclic esters (lactones) is 1. The minimum atomic E-state index is -0.616. The smallest absolute Gasteiger partial charge is 0.407 e. The second-order valence-corrected chi connectivity index (χ2v) is 11.9. The third-order valence-corrected chi connectivity index (χ3v) is 7.89. The Morgan fingerprint density at radius 2 is 1.72 bits per heavy atom. The molecule has 250 valence electrons. The number of hydrogen-bond donors (Lipinski definition) is 4. The molecular weight excluding hydrogens is 586 g/mol. The van der Waals surface area contributed by atoms with Crippen LogP contribution in [0.25, 0.3) is 0 Å². The highest BCUT2D eigenvalue weighted by Gasteiger charge is 2.26. The van der Waals surface area contributed by atoms with Crippen LogP contribution in [-0.2, 0) is 36.9 Å². The highest BCUT2D eigenvalue weighted by atomic mass is 16.5. The maximum Gasteiger partial charge on any atom is 0.407 e. The van der Waals surface area contributed by atoms with Crippen molar-refractivity contribution < 1.29 is 33.8 Å². The van der Waals surface area contributed by atoms with Gasteiger partial charge < -0.3 is 30.5 Å². The molecule has 2 aromatic rings. The molecule has 0 aliphatic carbocycles. The van der Waals surface area contributed by atoms with Gasteiger partial charge in [-0.05, 0) is 69.4 Å². The zero-order valence-electron chi connectivity index (χ0n) is 26.8. The van der Waals surface area contributed by atoms with Crippen molar-refractivity contribution in [3.05, 3.63) is 83.9 Å². The predicted octanol–water partition coefficient (Wildman–Crippen LogP) is 4.60. The Morgan fingerprint density at radius 3 is 2.43 bits per heavy atom. The number of aliphatic hydroxyl groups excluding tert-OH is 1. The summed E-state index contributed by atoms with van der Waals surface area (Å²) in [6.45, 7) is 2.09. The van der Waals surface area contributed by atoms with Gasteiger partial charge in [-0.3, -0.25) is 14.4 Å². The Kier molecular flexibility index (Phi) is 16.4. The first-order valence-corrected chi connectivity index (χ1v) is 16.3. The largest absolute Gasteiger partial charge is 0.463 e. The van der Waals surface area contributed by atoms with E-state index in [1.54, 1.807) is 6.92 Å². The topological polar surface area (TPSA) is 143 Å². The summed E-state index contributed by atoms with van der Waals surface area (Å²) in [4.78, 5) is 51.4. The lowest BCUT2D eigenvalue weighted by molar-refractivity contribution is -0.150. The average Bonchev–Trinajstić information content (AvgIpc) is 3.06. The fourth-order valence-corrected chi connectivity index (χ4v) is 5.25. The van der Waals surface area contributed by atoms with Crippen molar-refractivity contribution in [3.63, 3.8) is 0 Å². The van der Waals surface area contributed by atoms with Crippen LogP contribution in [0.15, 0.2) is 72.8 Å². The van der Waals surface area contributed by atoms with Crippen LogP contribution < -0.4 is 16.0 Å². The van der Waals surface area contributed by atoms with Gasteiger partial charge in [0.15, 0.2) is 0 Å². The maximum atomic E-state index is 13.5. The molecule has 4 N–H and O–H groups in total. The zero-order valence-corrected chi connectivity index (χ0v) is 26.8. The molecule has 0 spiro atoms. The lowest BCUT2D eigenvalue weighted by Gasteiger charge is -2.24. The molecule has 1 aliphatic heterocycles. The van der Waals surface area contributed by atoms with E-state index in [-0.39, 0.29) is 49.9 Å². The van der Waals surface area contributed by atoms with E-state index < -0.39 is 24.1 Å². The maximum absolute atomic E-state index is 13.5. The van der Waals surface area contributed by atoms with Crippen LogP contribution >= 0.6 is 0 Å². The number of ether oxygens (including phenoxy) is 2. The van der Waals surface area contributed by atoms with Crippen LogP contribution in [0.2, 0.25) is 0 Å². The molecule has 0 unspecified atom stereocenters. The minimum absolute atomic E-state index is 0.0126. The third kappa shape index (κ3) is 14.3. The molecule has 10 heteroatoms. The van der Waals surface area contributed by atoms with Gasteiger partial charge in [0.05, 0.1) is 24.5 Å². The van der Waals surface area contributed by atoms with E-state index in [0.717, 1.165) is 24.0 Å². The van der Waals surface area contributed by atoms with Gasteiger partial charge in [0, 0.05) is 19.0 Å². The summed E-state index contributed by atoms with van der Waals surface area (Å²) in [6, 6.07) is 18.4. The number of rotatable bonds is 13. The van der Waals surface area contributed by atoms with Crippen molar-refractivity contribution in [2.75, 3.05) is 19.8 Å². The van der Waals surface area contributed by atoms with Gasteiger partial charge in [-0.25, -0.2) is 4.79 Å². The van der Waals surface area contributed by atoms with Crippen molar-refractivity contribution in [1.29, 1.82) is 0 Å². The molecule has 46 heavy (non-hydrogen) atoms. The van der Waals surface area contributed by atoms with E-state index in [0.29, 0.717) is 45.1 Å². The van der Waals surface area contributed by atoms with E-state index in [9.17, 15) is 24.3 Å². The average molecular weight is 636 g/mol. The van der Waals surface area contributed by atoms with Crippen molar-refractivity contribution in [1.82, 2.24) is 16.0 Å². The minimum Gasteiger partial charge on any atom is -0.463 e. The fraction of sp³-hybridized carbons (Fsp3) is 0.500. The first kappa shape index (κ1) is 36.3. The molecule has 1 aliphatic rings. The molecule has 0 saturated heterocycles. The predicted molar refractivity (Wildman–Crippen MR) is 175 cm³/mol. The van der Waals surface area contributed by atoms with Crippen molar-refractivity contribution >= 4 is 23.9 Å². The van der Waals surface area contributed by atoms with Gasteiger partial charge in [0.2, 0.25) is 11.8 Å². The highest BCUT2D eigenvalue weighted by molar-refractivity contribution is 5.86. The molecule has 0 saturated carbocycles. The molecule has 0 aromatic heterocycles. The van der Waals surface area contributed by atoms with Crippen LogP contribution in [0.3, 0.4) is 0 Å². The number of unbranched alkanes of at least 4 members (excludes halogenated alkanes) is 1. The number of alkyl carbamates (subject to hydrolysis) is 1. The second-order valence-electron chi connectivity index (χ2n) is 11.9. The van der Waals surface area contributed by atoms with Crippen LogP contribution in [-0.4, -0.2) is 60.8 Å². The number of carbonyl (C=O) groups excluding carboxylic acids is 4. The molecule has 1 heterocycles. The number of hydrogen-bond acceptors (Lipinski definition) is 7. The van der Waals surface area contributed by atoms with E-state index in [1.165, 1.54) is 0 Å². The molecule has 2 aromatic carbocycles. The molecule has 3 amide bonds. The summed E-state index contributed by atoms with van der Waals surface area (Å²) in [5.41, 5.74) is 1.97. The van der Waals surface area contributed by atoms with Crippen molar-refractivity contribution in [2.24, 2.45) is 11.8 Å². The standard InChI is InChI=1S/C36H49N3O7/c1-27(24-40)38-33(41)23-30-18-10-2-3-11-19-31(22-28-14-6-4-7-15-28)35(43)45-26-32(39-34(30)42)20-12-13-21-37-36(44)46-25-29-16-8-5-9-17-29/h2,4-10,14-17,27,30-32,40H,3,11-13,18-26H2,1H3,(H,37,44)(H,38,41)(H,39,42)/t27-,30-,31-,32+/m1/s1. The summed E-state index contributed by atoms with van der Waals surface area (Å²) in [5, 5.41) is 17.8. The Hall–Kier alpha value is -4.18. The Morgan fingerprint density at radius 1 is 1.00 bits per heavy atom. The van der Waals surface area contributed by atoms with Crippen molar-refractivity contribution in [2.45, 2.75) is 83.4 Å². The fourth-order valence-electron chi connectivity index (χ4n) is 5.25. The molecule has 0 bridgehead atoms. The number of nitrogens with one attached hydrogen (secondary N) is 3. The molecular formula is C36H49N3O7. The SMILES string of the molecule is C[C@H](CO)NC(=O)C[C@H]1CC=CCCC[C@H](Cc2ccccc2)C(=O)OC[C@H](CCCCNC(=O)OCc2ccccc2)NC1=O. The Labute approximate surface area is 272 Å². The van der Waals surface area contributed by atoms with Gasteiger partial charge >= 0.3 is 12.1 Å². The quantitative estimate of drug-likeness (QED) is 0.143. The highest BCUT2D eigenvalue weighted by Crippen LogP contribution is 2.20. The summed E-state index contributed by atoms with van der Waals surface area (Å²) in [7, 11) is 0. The van der Waals surface area contributed by atoms with Crippen LogP contribution in [0.1, 0.15) is 69.4 Å². The molecule has 4 atom stereocenters. The van der Waals surface area contributed by atoms with E-state index in [4.69, 9.17) is 9.47 Å². The Bertz CT molecular complexity index is 1240. The lowest BCUT2D eigenvalue weighted by atomic mass is 9.93. The zero-order chi connectivity index (χ0) is 33.0. The van der Waals surface area contributed by atoms with Gasteiger partial charge in [0.25, 0.3) is 0 Å².